The Hall–Kier alpha value is -0.510. The van der Waals surface area contributed by atoms with E-state index >= 15 is 0 Å². The third-order valence-electron chi connectivity index (χ3n) is 1.53. The number of aliphatic hydroxyl groups is 1. The predicted octanol–water partition coefficient (Wildman–Crippen LogP) is 0.503. The topological polar surface area (TPSA) is 63.3 Å². The highest BCUT2D eigenvalue weighted by Crippen LogP contribution is 2.28. The third-order valence-corrected chi connectivity index (χ3v) is 2.28. The largest absolute Gasteiger partial charge is 0.383 e. The fourth-order valence-corrected chi connectivity index (χ4v) is 1.30. The second-order valence-electron chi connectivity index (χ2n) is 2.47. The number of nitrogens with two attached hydrogens (primary N) is 1. The van der Waals surface area contributed by atoms with Gasteiger partial charge in [-0.25, -0.2) is 0 Å². The molecule has 0 spiro atoms. The lowest BCUT2D eigenvalue weighted by atomic mass is 10.0. The molecule has 2 atom stereocenters. The number of rotatable bonds is 1. The first-order valence-electron chi connectivity index (χ1n) is 3.20. The summed E-state index contributed by atoms with van der Waals surface area (Å²) in [6, 6.07) is 0. The van der Waals surface area contributed by atoms with E-state index in [1.54, 1.807) is 0 Å². The maximum absolute atomic E-state index is 10.8. The Morgan fingerprint density at radius 1 is 1.75 bits per heavy atom. The van der Waals surface area contributed by atoms with Crippen molar-refractivity contribution < 1.29 is 9.90 Å². The molecule has 2 unspecified atom stereocenters. The normalized spacial score (nSPS) is 34.6. The summed E-state index contributed by atoms with van der Waals surface area (Å²) in [4.78, 5) is 9.39. The molecule has 0 radical (unpaired) electrons. The van der Waals surface area contributed by atoms with Crippen LogP contribution < -0.4 is 5.73 Å². The number of carbonyl (C=O) groups is 1. The fraction of sp³-hybridized carbons (Fsp3) is 0.286. The summed E-state index contributed by atoms with van der Waals surface area (Å²) in [5.74, 6) is -0.717. The molecule has 0 aromatic carbocycles. The van der Waals surface area contributed by atoms with Crippen LogP contribution >= 0.6 is 23.2 Å². The van der Waals surface area contributed by atoms with E-state index < -0.39 is 16.9 Å². The van der Waals surface area contributed by atoms with Crippen LogP contribution in [0.4, 0.5) is 0 Å². The first-order valence-corrected chi connectivity index (χ1v) is 3.96. The number of amides is 1. The van der Waals surface area contributed by atoms with Crippen molar-refractivity contribution in [3.05, 3.63) is 23.3 Å². The number of carbonyl (C=O) groups excluding carboxylic acids is 1. The lowest BCUT2D eigenvalue weighted by molar-refractivity contribution is -0.118. The van der Waals surface area contributed by atoms with Crippen molar-refractivity contribution in [2.24, 2.45) is 5.73 Å². The predicted molar refractivity (Wildman–Crippen MR) is 46.9 cm³/mol. The van der Waals surface area contributed by atoms with Gasteiger partial charge in [-0.15, -0.1) is 0 Å². The van der Waals surface area contributed by atoms with Crippen molar-refractivity contribution in [1.29, 1.82) is 0 Å². The summed E-state index contributed by atoms with van der Waals surface area (Å²) in [5.41, 5.74) is 5.00. The van der Waals surface area contributed by atoms with Gasteiger partial charge in [0.25, 0.3) is 0 Å². The van der Waals surface area contributed by atoms with Crippen molar-refractivity contribution in [3.8, 4) is 0 Å². The van der Waals surface area contributed by atoms with Gasteiger partial charge >= 0.3 is 0 Å². The fourth-order valence-electron chi connectivity index (χ4n) is 0.811. The van der Waals surface area contributed by atoms with Crippen molar-refractivity contribution in [2.45, 2.75) is 11.0 Å². The maximum atomic E-state index is 10.8. The van der Waals surface area contributed by atoms with Gasteiger partial charge in [0, 0.05) is 5.03 Å². The second-order valence-corrected chi connectivity index (χ2v) is 3.53. The van der Waals surface area contributed by atoms with E-state index in [4.69, 9.17) is 34.0 Å². The molecule has 0 aromatic rings. The zero-order valence-electron chi connectivity index (χ0n) is 6.00. The SMILES string of the molecule is NC(=O)C1(Cl)C=CC(O)C(Cl)=C1. The Labute approximate surface area is 79.4 Å². The molecule has 3 nitrogen and oxygen atoms in total. The lowest BCUT2D eigenvalue weighted by Crippen LogP contribution is -2.37. The lowest BCUT2D eigenvalue weighted by Gasteiger charge is -2.21. The summed E-state index contributed by atoms with van der Waals surface area (Å²) in [6.45, 7) is 0. The Balaban J connectivity index is 2.99. The molecule has 66 valence electrons. The van der Waals surface area contributed by atoms with Crippen LogP contribution in [0.2, 0.25) is 0 Å². The molecular formula is C7H7Cl2NO2. The Morgan fingerprint density at radius 2 is 2.33 bits per heavy atom. The van der Waals surface area contributed by atoms with Crippen molar-refractivity contribution in [1.82, 2.24) is 0 Å². The average molecular weight is 208 g/mol. The number of hydrogen-bond donors (Lipinski definition) is 2. The van der Waals surface area contributed by atoms with E-state index in [0.29, 0.717) is 0 Å². The minimum atomic E-state index is -1.39. The van der Waals surface area contributed by atoms with Gasteiger partial charge in [-0.3, -0.25) is 4.79 Å². The zero-order valence-corrected chi connectivity index (χ0v) is 7.51. The summed E-state index contributed by atoms with van der Waals surface area (Å²) in [5, 5.41) is 9.20. The minimum Gasteiger partial charge on any atom is -0.383 e. The van der Waals surface area contributed by atoms with Crippen LogP contribution in [0, 0.1) is 0 Å². The Kier molecular flexibility index (Phi) is 2.46. The number of halogens is 2. The van der Waals surface area contributed by atoms with Gasteiger partial charge in [0.05, 0.1) is 0 Å². The van der Waals surface area contributed by atoms with Gasteiger partial charge in [0.15, 0.2) is 4.87 Å². The molecule has 1 amide bonds. The molecule has 0 aromatic heterocycles. The van der Waals surface area contributed by atoms with Gasteiger partial charge in [-0.1, -0.05) is 35.4 Å². The zero-order chi connectivity index (χ0) is 9.35. The van der Waals surface area contributed by atoms with Crippen molar-refractivity contribution in [2.75, 3.05) is 0 Å². The second kappa shape index (κ2) is 3.09. The summed E-state index contributed by atoms with van der Waals surface area (Å²) in [6.07, 6.45) is 2.97. The standard InChI is InChI=1S/C7H7Cl2NO2/c8-4-3-7(9,6(10)12)2-1-5(4)11/h1-3,5,11H,(H2,10,12). The highest BCUT2D eigenvalue weighted by Gasteiger charge is 2.32. The van der Waals surface area contributed by atoms with Crippen LogP contribution in [-0.2, 0) is 4.79 Å². The average Bonchev–Trinajstić information content (AvgIpc) is 1.97. The summed E-state index contributed by atoms with van der Waals surface area (Å²) < 4.78 is 0. The highest BCUT2D eigenvalue weighted by atomic mass is 35.5. The molecule has 0 aliphatic heterocycles. The maximum Gasteiger partial charge on any atom is 0.246 e. The first kappa shape index (κ1) is 9.58. The van der Waals surface area contributed by atoms with E-state index in [9.17, 15) is 4.79 Å². The molecular weight excluding hydrogens is 201 g/mol. The molecule has 5 heteroatoms. The first-order chi connectivity index (χ1) is 5.46. The van der Waals surface area contributed by atoms with Crippen molar-refractivity contribution in [3.63, 3.8) is 0 Å². The Morgan fingerprint density at radius 3 is 2.75 bits per heavy atom. The van der Waals surface area contributed by atoms with Crippen LogP contribution in [0.15, 0.2) is 23.3 Å². The molecule has 0 bridgehead atoms. The van der Waals surface area contributed by atoms with Crippen LogP contribution in [-0.4, -0.2) is 22.0 Å². The monoisotopic (exact) mass is 207 g/mol. The third kappa shape index (κ3) is 1.63. The van der Waals surface area contributed by atoms with Crippen LogP contribution in [0.3, 0.4) is 0 Å². The van der Waals surface area contributed by atoms with Crippen molar-refractivity contribution >= 4 is 29.1 Å². The van der Waals surface area contributed by atoms with Gasteiger partial charge < -0.3 is 10.8 Å². The van der Waals surface area contributed by atoms with Gasteiger partial charge in [-0.05, 0) is 6.08 Å². The van der Waals surface area contributed by atoms with Gasteiger partial charge in [0.1, 0.15) is 6.10 Å². The summed E-state index contributed by atoms with van der Waals surface area (Å²) >= 11 is 11.3. The number of aliphatic hydroxyl groups excluding tert-OH is 1. The molecule has 12 heavy (non-hydrogen) atoms. The molecule has 1 aliphatic carbocycles. The number of primary amides is 1. The number of hydrogen-bond acceptors (Lipinski definition) is 2. The van der Waals surface area contributed by atoms with Crippen LogP contribution in [0.5, 0.6) is 0 Å². The Bertz CT molecular complexity index is 275. The molecule has 1 aliphatic rings. The van der Waals surface area contributed by atoms with Gasteiger partial charge in [-0.2, -0.15) is 0 Å². The minimum absolute atomic E-state index is 0.103. The molecule has 0 heterocycles. The quantitative estimate of drug-likeness (QED) is 0.486. The molecule has 1 rings (SSSR count). The van der Waals surface area contributed by atoms with E-state index in [2.05, 4.69) is 0 Å². The molecule has 0 saturated heterocycles. The smallest absolute Gasteiger partial charge is 0.246 e. The van der Waals surface area contributed by atoms with E-state index in [1.165, 1.54) is 18.2 Å². The van der Waals surface area contributed by atoms with E-state index in [-0.39, 0.29) is 5.03 Å². The van der Waals surface area contributed by atoms with E-state index in [1.807, 2.05) is 0 Å². The highest BCUT2D eigenvalue weighted by molar-refractivity contribution is 6.40. The van der Waals surface area contributed by atoms with Crippen LogP contribution in [0.1, 0.15) is 0 Å². The molecule has 0 fully saturated rings. The molecule has 0 saturated carbocycles. The summed E-state index contributed by atoms with van der Waals surface area (Å²) in [7, 11) is 0. The van der Waals surface area contributed by atoms with Gasteiger partial charge in [0.2, 0.25) is 5.91 Å². The van der Waals surface area contributed by atoms with Crippen LogP contribution in [0.25, 0.3) is 0 Å². The molecule has 3 N–H and O–H groups in total. The number of alkyl halides is 1. The van der Waals surface area contributed by atoms with E-state index in [0.717, 1.165) is 0 Å².